The number of nitrogens with two attached hydrogens (primary N) is 1. The second kappa shape index (κ2) is 6.07. The smallest absolute Gasteiger partial charge is 0.268 e. The van der Waals surface area contributed by atoms with Crippen LogP contribution in [0.2, 0.25) is 0 Å². The summed E-state index contributed by atoms with van der Waals surface area (Å²) in [7, 11) is 1.61. The second-order valence-corrected chi connectivity index (χ2v) is 4.79. The maximum Gasteiger partial charge on any atom is 0.268 e. The van der Waals surface area contributed by atoms with E-state index in [2.05, 4.69) is 6.58 Å². The van der Waals surface area contributed by atoms with Crippen molar-refractivity contribution in [1.82, 2.24) is 0 Å². The Morgan fingerprint density at radius 1 is 1.60 bits per heavy atom. The van der Waals surface area contributed by atoms with Crippen molar-refractivity contribution in [2.24, 2.45) is 5.73 Å². The number of carbonyl (C=O) groups is 1. The monoisotopic (exact) mass is 276 g/mol. The Morgan fingerprint density at radius 3 is 3.00 bits per heavy atom. The molecule has 2 unspecified atom stereocenters. The van der Waals surface area contributed by atoms with Crippen molar-refractivity contribution < 1.29 is 14.3 Å². The molecule has 0 fully saturated rings. The van der Waals surface area contributed by atoms with Gasteiger partial charge in [0.25, 0.3) is 5.91 Å². The molecule has 0 radical (unpaired) electrons. The number of carbonyl (C=O) groups excluding carboxylic acids is 1. The highest BCUT2D eigenvalue weighted by Crippen LogP contribution is 2.35. The maximum atomic E-state index is 12.2. The van der Waals surface area contributed by atoms with Crippen LogP contribution in [-0.2, 0) is 9.53 Å². The first-order chi connectivity index (χ1) is 9.58. The number of methoxy groups -OCH3 is 1. The Labute approximate surface area is 119 Å². The molecule has 2 N–H and O–H groups in total. The molecule has 0 saturated carbocycles. The quantitative estimate of drug-likeness (QED) is 0.830. The summed E-state index contributed by atoms with van der Waals surface area (Å²) in [4.78, 5) is 13.8. The number of hydrogen-bond donors (Lipinski definition) is 1. The van der Waals surface area contributed by atoms with Crippen LogP contribution in [0.15, 0.2) is 30.9 Å². The zero-order valence-electron chi connectivity index (χ0n) is 11.8. The van der Waals surface area contributed by atoms with Gasteiger partial charge in [-0.3, -0.25) is 4.79 Å². The van der Waals surface area contributed by atoms with Crippen molar-refractivity contribution in [3.63, 3.8) is 0 Å². The van der Waals surface area contributed by atoms with Gasteiger partial charge < -0.3 is 20.1 Å². The molecule has 108 valence electrons. The number of anilines is 1. The van der Waals surface area contributed by atoms with Gasteiger partial charge in [-0.15, -0.1) is 6.58 Å². The first-order valence-corrected chi connectivity index (χ1v) is 6.56. The van der Waals surface area contributed by atoms with E-state index >= 15 is 0 Å². The van der Waals surface area contributed by atoms with E-state index in [1.165, 1.54) is 0 Å². The SMILES string of the molecule is C=CCN1C(=O)C(C)Oc2ccc(C(N)COC)cc21. The Kier molecular flexibility index (Phi) is 4.42. The van der Waals surface area contributed by atoms with Crippen LogP contribution in [0.3, 0.4) is 0 Å². The summed E-state index contributed by atoms with van der Waals surface area (Å²) in [6.45, 7) is 6.31. The van der Waals surface area contributed by atoms with Crippen LogP contribution in [0.25, 0.3) is 0 Å². The Morgan fingerprint density at radius 2 is 2.35 bits per heavy atom. The minimum Gasteiger partial charge on any atom is -0.479 e. The highest BCUT2D eigenvalue weighted by Gasteiger charge is 2.31. The minimum atomic E-state index is -0.485. The molecule has 0 aromatic heterocycles. The summed E-state index contributed by atoms with van der Waals surface area (Å²) in [6.07, 6.45) is 1.21. The first kappa shape index (κ1) is 14.6. The van der Waals surface area contributed by atoms with Gasteiger partial charge in [-0.1, -0.05) is 12.1 Å². The molecule has 0 saturated heterocycles. The Hall–Kier alpha value is -1.85. The zero-order chi connectivity index (χ0) is 14.7. The van der Waals surface area contributed by atoms with Crippen LogP contribution in [0, 0.1) is 0 Å². The number of ether oxygens (including phenoxy) is 2. The van der Waals surface area contributed by atoms with Crippen LogP contribution >= 0.6 is 0 Å². The van der Waals surface area contributed by atoms with Gasteiger partial charge in [0.15, 0.2) is 6.10 Å². The van der Waals surface area contributed by atoms with Crippen molar-refractivity contribution in [1.29, 1.82) is 0 Å². The Bertz CT molecular complexity index is 516. The van der Waals surface area contributed by atoms with Crippen molar-refractivity contribution in [2.45, 2.75) is 19.1 Å². The normalized spacial score (nSPS) is 19.2. The van der Waals surface area contributed by atoms with Gasteiger partial charge in [0.2, 0.25) is 0 Å². The second-order valence-electron chi connectivity index (χ2n) is 4.79. The summed E-state index contributed by atoms with van der Waals surface area (Å²) < 4.78 is 10.7. The molecule has 1 heterocycles. The lowest BCUT2D eigenvalue weighted by Crippen LogP contribution is -2.44. The molecule has 0 aliphatic carbocycles. The fourth-order valence-electron chi connectivity index (χ4n) is 2.25. The minimum absolute atomic E-state index is 0.0742. The molecular formula is C15H20N2O3. The van der Waals surface area contributed by atoms with E-state index in [1.54, 1.807) is 25.0 Å². The van der Waals surface area contributed by atoms with Crippen LogP contribution in [0.1, 0.15) is 18.5 Å². The standard InChI is InChI=1S/C15H20N2O3/c1-4-7-17-13-8-11(12(16)9-19-3)5-6-14(13)20-10(2)15(17)18/h4-6,8,10,12H,1,7,9,16H2,2-3H3. The summed E-state index contributed by atoms with van der Waals surface area (Å²) in [6, 6.07) is 5.40. The summed E-state index contributed by atoms with van der Waals surface area (Å²) in [5.41, 5.74) is 7.67. The molecular weight excluding hydrogens is 256 g/mol. The predicted molar refractivity (Wildman–Crippen MR) is 77.9 cm³/mol. The van der Waals surface area contributed by atoms with Crippen molar-refractivity contribution in [2.75, 3.05) is 25.2 Å². The number of benzene rings is 1. The molecule has 0 bridgehead atoms. The molecule has 1 aromatic rings. The van der Waals surface area contributed by atoms with E-state index < -0.39 is 6.10 Å². The zero-order valence-corrected chi connectivity index (χ0v) is 11.8. The molecule has 5 heteroatoms. The van der Waals surface area contributed by atoms with Gasteiger partial charge in [-0.05, 0) is 24.6 Å². The average molecular weight is 276 g/mol. The molecule has 1 aliphatic heterocycles. The Balaban J connectivity index is 2.39. The molecule has 5 nitrogen and oxygen atoms in total. The first-order valence-electron chi connectivity index (χ1n) is 6.56. The number of rotatable bonds is 5. The fourth-order valence-corrected chi connectivity index (χ4v) is 2.25. The maximum absolute atomic E-state index is 12.2. The van der Waals surface area contributed by atoms with Crippen LogP contribution in [0.5, 0.6) is 5.75 Å². The highest BCUT2D eigenvalue weighted by atomic mass is 16.5. The number of nitrogens with zero attached hydrogens (tertiary/aromatic N) is 1. The van der Waals surface area contributed by atoms with Gasteiger partial charge >= 0.3 is 0 Å². The lowest BCUT2D eigenvalue weighted by molar-refractivity contribution is -0.125. The molecule has 1 aromatic carbocycles. The lowest BCUT2D eigenvalue weighted by Gasteiger charge is -2.33. The predicted octanol–water partition coefficient (Wildman–Crippen LogP) is 1.63. The molecule has 1 aliphatic rings. The van der Waals surface area contributed by atoms with Crippen LogP contribution in [-0.4, -0.2) is 32.3 Å². The molecule has 1 amide bonds. The number of hydrogen-bond acceptors (Lipinski definition) is 4. The van der Waals surface area contributed by atoms with Crippen molar-refractivity contribution in [3.05, 3.63) is 36.4 Å². The van der Waals surface area contributed by atoms with E-state index in [1.807, 2.05) is 18.2 Å². The van der Waals surface area contributed by atoms with Gasteiger partial charge in [0.1, 0.15) is 5.75 Å². The summed E-state index contributed by atoms with van der Waals surface area (Å²) in [5.74, 6) is 0.613. The van der Waals surface area contributed by atoms with Gasteiger partial charge in [-0.2, -0.15) is 0 Å². The number of fused-ring (bicyclic) bond motifs is 1. The molecule has 0 spiro atoms. The van der Waals surface area contributed by atoms with E-state index in [-0.39, 0.29) is 11.9 Å². The molecule has 2 atom stereocenters. The highest BCUT2D eigenvalue weighted by molar-refractivity contribution is 6.00. The van der Waals surface area contributed by atoms with Crippen molar-refractivity contribution in [3.8, 4) is 5.75 Å². The van der Waals surface area contributed by atoms with Crippen LogP contribution < -0.4 is 15.4 Å². The van der Waals surface area contributed by atoms with E-state index in [9.17, 15) is 4.79 Å². The third-order valence-electron chi connectivity index (χ3n) is 3.28. The van der Waals surface area contributed by atoms with Gasteiger partial charge in [0.05, 0.1) is 18.3 Å². The molecule has 20 heavy (non-hydrogen) atoms. The summed E-state index contributed by atoms with van der Waals surface area (Å²) >= 11 is 0. The van der Waals surface area contributed by atoms with E-state index in [0.29, 0.717) is 18.9 Å². The van der Waals surface area contributed by atoms with E-state index in [4.69, 9.17) is 15.2 Å². The molecule has 2 rings (SSSR count). The summed E-state index contributed by atoms with van der Waals surface area (Å²) in [5, 5.41) is 0. The lowest BCUT2D eigenvalue weighted by atomic mass is 10.0. The fraction of sp³-hybridized carbons (Fsp3) is 0.400. The van der Waals surface area contributed by atoms with Gasteiger partial charge in [0, 0.05) is 13.7 Å². The number of amides is 1. The van der Waals surface area contributed by atoms with Crippen molar-refractivity contribution >= 4 is 11.6 Å². The average Bonchev–Trinajstić information content (AvgIpc) is 2.44. The topological polar surface area (TPSA) is 64.8 Å². The van der Waals surface area contributed by atoms with Crippen LogP contribution in [0.4, 0.5) is 5.69 Å². The van der Waals surface area contributed by atoms with E-state index in [0.717, 1.165) is 11.3 Å². The largest absolute Gasteiger partial charge is 0.479 e. The third kappa shape index (κ3) is 2.69. The third-order valence-corrected chi connectivity index (χ3v) is 3.28. The van der Waals surface area contributed by atoms with Gasteiger partial charge in [-0.25, -0.2) is 0 Å².